The van der Waals surface area contributed by atoms with E-state index in [1.165, 1.54) is 12.8 Å². The van der Waals surface area contributed by atoms with E-state index >= 15 is 0 Å². The van der Waals surface area contributed by atoms with Crippen LogP contribution >= 0.6 is 0 Å². The fourth-order valence-electron chi connectivity index (χ4n) is 2.99. The quantitative estimate of drug-likeness (QED) is 0.848. The Morgan fingerprint density at radius 3 is 2.87 bits per heavy atom. The van der Waals surface area contributed by atoms with Crippen LogP contribution in [0.1, 0.15) is 19.8 Å². The Morgan fingerprint density at radius 1 is 1.30 bits per heavy atom. The molecule has 0 bridgehead atoms. The number of benzene rings is 1. The molecule has 1 fully saturated rings. The first kappa shape index (κ1) is 15.5. The molecule has 4 nitrogen and oxygen atoms in total. The molecule has 23 heavy (non-hydrogen) atoms. The van der Waals surface area contributed by atoms with E-state index in [1.807, 2.05) is 24.3 Å². The van der Waals surface area contributed by atoms with E-state index in [2.05, 4.69) is 46.9 Å². The predicted octanol–water partition coefficient (Wildman–Crippen LogP) is 3.98. The van der Waals surface area contributed by atoms with E-state index in [4.69, 9.17) is 4.98 Å². The van der Waals surface area contributed by atoms with E-state index in [0.29, 0.717) is 18.4 Å². The van der Waals surface area contributed by atoms with Gasteiger partial charge >= 0.3 is 0 Å². The van der Waals surface area contributed by atoms with Gasteiger partial charge < -0.3 is 10.2 Å². The van der Waals surface area contributed by atoms with Crippen molar-refractivity contribution in [2.24, 2.45) is 5.92 Å². The lowest BCUT2D eigenvalue weighted by molar-refractivity contribution is 0.444. The van der Waals surface area contributed by atoms with Crippen molar-refractivity contribution in [1.82, 2.24) is 9.97 Å². The molecule has 4 heteroatoms. The van der Waals surface area contributed by atoms with E-state index in [0.717, 1.165) is 30.2 Å². The summed E-state index contributed by atoms with van der Waals surface area (Å²) < 4.78 is 0. The summed E-state index contributed by atoms with van der Waals surface area (Å²) in [6.45, 7) is 8.85. The summed E-state index contributed by atoms with van der Waals surface area (Å²) in [6.07, 6.45) is 4.34. The molecule has 1 atom stereocenters. The summed E-state index contributed by atoms with van der Waals surface area (Å²) in [5, 5.41) is 3.23. The maximum absolute atomic E-state index is 4.71. The van der Waals surface area contributed by atoms with Crippen LogP contribution in [0.5, 0.6) is 0 Å². The number of nitrogens with zero attached hydrogens (tertiary/aromatic N) is 3. The first-order chi connectivity index (χ1) is 11.3. The number of hydrogen-bond acceptors (Lipinski definition) is 4. The second-order valence-corrected chi connectivity index (χ2v) is 6.16. The van der Waals surface area contributed by atoms with Gasteiger partial charge in [0.15, 0.2) is 0 Å². The van der Waals surface area contributed by atoms with Crippen molar-refractivity contribution in [3.63, 3.8) is 0 Å². The molecule has 1 aliphatic rings. The van der Waals surface area contributed by atoms with Crippen molar-refractivity contribution in [1.29, 1.82) is 0 Å². The van der Waals surface area contributed by atoms with Gasteiger partial charge in [-0.25, -0.2) is 4.98 Å². The molecule has 0 radical (unpaired) electrons. The fourth-order valence-corrected chi connectivity index (χ4v) is 2.99. The number of anilines is 2. The molecular formula is C19H24N4. The van der Waals surface area contributed by atoms with Gasteiger partial charge in [0.2, 0.25) is 5.95 Å². The molecular weight excluding hydrogens is 284 g/mol. The lowest BCUT2D eigenvalue weighted by Gasteiger charge is -2.32. The molecule has 0 aliphatic carbocycles. The summed E-state index contributed by atoms with van der Waals surface area (Å²) >= 11 is 0. The van der Waals surface area contributed by atoms with Gasteiger partial charge in [0.25, 0.3) is 0 Å². The van der Waals surface area contributed by atoms with Gasteiger partial charge in [0.05, 0.1) is 5.69 Å². The van der Waals surface area contributed by atoms with Crippen LogP contribution in [0.4, 0.5) is 11.8 Å². The zero-order chi connectivity index (χ0) is 16.1. The minimum atomic E-state index is 0.661. The average Bonchev–Trinajstić information content (AvgIpc) is 2.60. The van der Waals surface area contributed by atoms with E-state index < -0.39 is 0 Å². The highest BCUT2D eigenvalue weighted by atomic mass is 15.2. The van der Waals surface area contributed by atoms with Gasteiger partial charge in [-0.3, -0.25) is 0 Å². The number of rotatable bonds is 5. The van der Waals surface area contributed by atoms with Crippen LogP contribution in [0.15, 0.2) is 49.1 Å². The smallest absolute Gasteiger partial charge is 0.225 e. The van der Waals surface area contributed by atoms with Gasteiger partial charge in [-0.1, -0.05) is 43.3 Å². The minimum absolute atomic E-state index is 0.661. The highest BCUT2D eigenvalue weighted by Crippen LogP contribution is 2.26. The normalized spacial score (nSPS) is 17.8. The third-order valence-corrected chi connectivity index (χ3v) is 4.17. The second kappa shape index (κ2) is 7.27. The minimum Gasteiger partial charge on any atom is -0.356 e. The molecule has 1 aromatic carbocycles. The Morgan fingerprint density at radius 2 is 2.13 bits per heavy atom. The SMILES string of the molecule is C=CCNc1nc(-c2ccccc2)cc(N2CCCC(C)C2)n1. The molecule has 3 rings (SSSR count). The first-order valence-electron chi connectivity index (χ1n) is 8.30. The lowest BCUT2D eigenvalue weighted by atomic mass is 10.0. The van der Waals surface area contributed by atoms with Crippen LogP contribution in [0.25, 0.3) is 11.3 Å². The number of aromatic nitrogens is 2. The Kier molecular flexibility index (Phi) is 4.91. The van der Waals surface area contributed by atoms with Crippen molar-refractivity contribution in [2.75, 3.05) is 29.9 Å². The molecule has 0 amide bonds. The molecule has 1 aliphatic heterocycles. The summed E-state index contributed by atoms with van der Waals surface area (Å²) in [5.41, 5.74) is 2.07. The van der Waals surface area contributed by atoms with Crippen LogP contribution < -0.4 is 10.2 Å². The van der Waals surface area contributed by atoms with Crippen LogP contribution in [-0.4, -0.2) is 29.6 Å². The fraction of sp³-hybridized carbons (Fsp3) is 0.368. The zero-order valence-corrected chi connectivity index (χ0v) is 13.7. The third-order valence-electron chi connectivity index (χ3n) is 4.17. The van der Waals surface area contributed by atoms with Crippen molar-refractivity contribution >= 4 is 11.8 Å². The maximum Gasteiger partial charge on any atom is 0.225 e. The highest BCUT2D eigenvalue weighted by Gasteiger charge is 2.19. The lowest BCUT2D eigenvalue weighted by Crippen LogP contribution is -2.35. The number of hydrogen-bond donors (Lipinski definition) is 1. The molecule has 2 aromatic rings. The summed E-state index contributed by atoms with van der Waals surface area (Å²) in [6, 6.07) is 12.4. The predicted molar refractivity (Wildman–Crippen MR) is 96.8 cm³/mol. The van der Waals surface area contributed by atoms with Gasteiger partial charge in [0, 0.05) is 31.3 Å². The molecule has 0 saturated carbocycles. The Balaban J connectivity index is 1.95. The molecule has 1 N–H and O–H groups in total. The van der Waals surface area contributed by atoms with Crippen LogP contribution in [0.3, 0.4) is 0 Å². The van der Waals surface area contributed by atoms with Gasteiger partial charge in [0.1, 0.15) is 5.82 Å². The van der Waals surface area contributed by atoms with Crippen molar-refractivity contribution in [3.05, 3.63) is 49.1 Å². The monoisotopic (exact) mass is 308 g/mol. The van der Waals surface area contributed by atoms with Gasteiger partial charge in [-0.2, -0.15) is 4.98 Å². The van der Waals surface area contributed by atoms with Crippen molar-refractivity contribution < 1.29 is 0 Å². The first-order valence-corrected chi connectivity index (χ1v) is 8.30. The highest BCUT2D eigenvalue weighted by molar-refractivity contribution is 5.64. The summed E-state index contributed by atoms with van der Waals surface area (Å²) in [7, 11) is 0. The van der Waals surface area contributed by atoms with Crippen LogP contribution in [0.2, 0.25) is 0 Å². The largest absolute Gasteiger partial charge is 0.356 e. The van der Waals surface area contributed by atoms with E-state index in [1.54, 1.807) is 0 Å². The molecule has 1 unspecified atom stereocenters. The van der Waals surface area contributed by atoms with Crippen LogP contribution in [-0.2, 0) is 0 Å². The molecule has 1 aromatic heterocycles. The average molecular weight is 308 g/mol. The standard InChI is InChI=1S/C19H24N4/c1-3-11-20-19-21-17(16-9-5-4-6-10-16)13-18(22-19)23-12-7-8-15(2)14-23/h3-6,9-10,13,15H,1,7-8,11-12,14H2,2H3,(H,20,21,22). The molecule has 1 saturated heterocycles. The summed E-state index contributed by atoms with van der Waals surface area (Å²) in [5.74, 6) is 2.39. The second-order valence-electron chi connectivity index (χ2n) is 6.16. The maximum atomic E-state index is 4.71. The van der Waals surface area contributed by atoms with Crippen molar-refractivity contribution in [2.45, 2.75) is 19.8 Å². The third kappa shape index (κ3) is 3.89. The van der Waals surface area contributed by atoms with Gasteiger partial charge in [-0.05, 0) is 18.8 Å². The zero-order valence-electron chi connectivity index (χ0n) is 13.7. The molecule has 0 spiro atoms. The number of piperidine rings is 1. The molecule has 2 heterocycles. The topological polar surface area (TPSA) is 41.1 Å². The summed E-state index contributed by atoms with van der Waals surface area (Å²) in [4.78, 5) is 11.7. The Bertz CT molecular complexity index is 654. The van der Waals surface area contributed by atoms with Crippen molar-refractivity contribution in [3.8, 4) is 11.3 Å². The molecule has 120 valence electrons. The number of nitrogens with one attached hydrogen (secondary N) is 1. The Labute approximate surface area is 138 Å². The van der Waals surface area contributed by atoms with E-state index in [-0.39, 0.29) is 0 Å². The van der Waals surface area contributed by atoms with Crippen LogP contribution in [0, 0.1) is 5.92 Å². The van der Waals surface area contributed by atoms with Gasteiger partial charge in [-0.15, -0.1) is 6.58 Å². The van der Waals surface area contributed by atoms with E-state index in [9.17, 15) is 0 Å². The Hall–Kier alpha value is -2.36.